The van der Waals surface area contributed by atoms with Gasteiger partial charge in [0.2, 0.25) is 6.08 Å². The van der Waals surface area contributed by atoms with Gasteiger partial charge in [0.15, 0.2) is 0 Å². The van der Waals surface area contributed by atoms with E-state index in [9.17, 15) is 4.79 Å². The standard InChI is InChI=1S/C9H7BrClNO/c1-2-6-3-7(11)4-8(10)9(6)12-5-13/h3-4H,2H2,1H3. The molecule has 0 spiro atoms. The van der Waals surface area contributed by atoms with E-state index in [1.54, 1.807) is 12.1 Å². The van der Waals surface area contributed by atoms with Crippen LogP contribution in [0.5, 0.6) is 0 Å². The second-order valence-corrected chi connectivity index (χ2v) is 3.74. The van der Waals surface area contributed by atoms with E-state index in [1.807, 2.05) is 6.92 Å². The summed E-state index contributed by atoms with van der Waals surface area (Å²) in [4.78, 5) is 13.7. The molecule has 0 saturated heterocycles. The average molecular weight is 261 g/mol. The molecule has 0 N–H and O–H groups in total. The molecule has 13 heavy (non-hydrogen) atoms. The van der Waals surface area contributed by atoms with Gasteiger partial charge in [-0.25, -0.2) is 4.79 Å². The molecule has 0 fully saturated rings. The number of isocyanates is 1. The third kappa shape index (κ3) is 2.41. The molecule has 0 unspecified atom stereocenters. The van der Waals surface area contributed by atoms with E-state index >= 15 is 0 Å². The predicted molar refractivity (Wildman–Crippen MR) is 56.3 cm³/mol. The number of benzene rings is 1. The summed E-state index contributed by atoms with van der Waals surface area (Å²) in [7, 11) is 0. The second kappa shape index (κ2) is 4.56. The lowest BCUT2D eigenvalue weighted by Gasteiger charge is -2.04. The summed E-state index contributed by atoms with van der Waals surface area (Å²) >= 11 is 9.11. The quantitative estimate of drug-likeness (QED) is 0.590. The van der Waals surface area contributed by atoms with Gasteiger partial charge in [-0.1, -0.05) is 18.5 Å². The van der Waals surface area contributed by atoms with Crippen molar-refractivity contribution in [3.8, 4) is 0 Å². The van der Waals surface area contributed by atoms with Gasteiger partial charge >= 0.3 is 0 Å². The molecule has 0 radical (unpaired) electrons. The Bertz CT molecular complexity index is 372. The lowest BCUT2D eigenvalue weighted by molar-refractivity contribution is 0.565. The topological polar surface area (TPSA) is 29.4 Å². The molecule has 0 aliphatic carbocycles. The lowest BCUT2D eigenvalue weighted by Crippen LogP contribution is -1.83. The molecule has 0 aliphatic heterocycles. The first kappa shape index (κ1) is 10.5. The highest BCUT2D eigenvalue weighted by atomic mass is 79.9. The average Bonchev–Trinajstić information content (AvgIpc) is 2.09. The Kier molecular flexibility index (Phi) is 3.67. The highest BCUT2D eigenvalue weighted by Gasteiger charge is 2.06. The number of hydrogen-bond donors (Lipinski definition) is 0. The maximum absolute atomic E-state index is 10.1. The Labute approximate surface area is 89.8 Å². The summed E-state index contributed by atoms with van der Waals surface area (Å²) in [6.45, 7) is 1.97. The van der Waals surface area contributed by atoms with Crippen LogP contribution in [-0.4, -0.2) is 6.08 Å². The highest BCUT2D eigenvalue weighted by molar-refractivity contribution is 9.10. The Hall–Kier alpha value is -0.630. The second-order valence-electron chi connectivity index (χ2n) is 2.45. The van der Waals surface area contributed by atoms with Crippen molar-refractivity contribution in [2.75, 3.05) is 0 Å². The van der Waals surface area contributed by atoms with Crippen molar-refractivity contribution >= 4 is 39.3 Å². The summed E-state index contributed by atoms with van der Waals surface area (Å²) in [6, 6.07) is 3.50. The van der Waals surface area contributed by atoms with Crippen molar-refractivity contribution < 1.29 is 4.79 Å². The molecule has 4 heteroatoms. The molecule has 0 saturated carbocycles. The van der Waals surface area contributed by atoms with Gasteiger partial charge < -0.3 is 0 Å². The molecule has 2 nitrogen and oxygen atoms in total. The molecule has 1 aromatic carbocycles. The molecule has 0 amide bonds. The van der Waals surface area contributed by atoms with Crippen molar-refractivity contribution in [2.24, 2.45) is 4.99 Å². The molecule has 1 rings (SSSR count). The molecule has 0 aliphatic rings. The van der Waals surface area contributed by atoms with Gasteiger partial charge in [0.25, 0.3) is 0 Å². The molecule has 0 heterocycles. The number of halogens is 2. The van der Waals surface area contributed by atoms with Crippen molar-refractivity contribution in [1.29, 1.82) is 0 Å². The third-order valence-electron chi connectivity index (χ3n) is 1.65. The van der Waals surface area contributed by atoms with Crippen LogP contribution in [0, 0.1) is 0 Å². The Morgan fingerprint density at radius 3 is 2.85 bits per heavy atom. The smallest absolute Gasteiger partial charge is 0.211 e. The Morgan fingerprint density at radius 1 is 1.62 bits per heavy atom. The zero-order chi connectivity index (χ0) is 9.84. The number of carbonyl (C=O) groups excluding carboxylic acids is 1. The first-order chi connectivity index (χ1) is 6.19. The minimum absolute atomic E-state index is 0.613. The predicted octanol–water partition coefficient (Wildman–Crippen LogP) is 3.63. The number of aliphatic imine (C=N–C) groups is 1. The van der Waals surface area contributed by atoms with E-state index in [4.69, 9.17) is 11.6 Å². The molecule has 1 aromatic rings. The van der Waals surface area contributed by atoms with Gasteiger partial charge in [0.1, 0.15) is 0 Å². The van der Waals surface area contributed by atoms with E-state index in [-0.39, 0.29) is 0 Å². The van der Waals surface area contributed by atoms with Crippen LogP contribution >= 0.6 is 27.5 Å². The van der Waals surface area contributed by atoms with E-state index in [1.165, 1.54) is 6.08 Å². The summed E-state index contributed by atoms with van der Waals surface area (Å²) in [5.41, 5.74) is 1.55. The van der Waals surface area contributed by atoms with Gasteiger partial charge in [-0.05, 0) is 40.0 Å². The largest absolute Gasteiger partial charge is 0.240 e. The number of rotatable bonds is 2. The zero-order valence-electron chi connectivity index (χ0n) is 6.97. The van der Waals surface area contributed by atoms with Gasteiger partial charge in [0, 0.05) is 9.50 Å². The first-order valence-electron chi connectivity index (χ1n) is 3.74. The summed E-state index contributed by atoms with van der Waals surface area (Å²) < 4.78 is 0.722. The molecular weight excluding hydrogens is 253 g/mol. The monoisotopic (exact) mass is 259 g/mol. The van der Waals surface area contributed by atoms with Crippen LogP contribution in [0.4, 0.5) is 5.69 Å². The minimum Gasteiger partial charge on any atom is -0.211 e. The maximum Gasteiger partial charge on any atom is 0.240 e. The fourth-order valence-electron chi connectivity index (χ4n) is 1.06. The maximum atomic E-state index is 10.1. The molecule has 0 bridgehead atoms. The molecule has 68 valence electrons. The van der Waals surface area contributed by atoms with Crippen molar-refractivity contribution in [3.05, 3.63) is 27.2 Å². The first-order valence-corrected chi connectivity index (χ1v) is 4.92. The van der Waals surface area contributed by atoms with E-state index in [0.717, 1.165) is 16.5 Å². The van der Waals surface area contributed by atoms with Gasteiger partial charge in [-0.2, -0.15) is 4.99 Å². The van der Waals surface area contributed by atoms with E-state index in [2.05, 4.69) is 20.9 Å². The lowest BCUT2D eigenvalue weighted by atomic mass is 10.1. The van der Waals surface area contributed by atoms with Crippen LogP contribution in [0.1, 0.15) is 12.5 Å². The Morgan fingerprint density at radius 2 is 2.31 bits per heavy atom. The molecular formula is C9H7BrClNO. The van der Waals surface area contributed by atoms with Crippen LogP contribution in [0.3, 0.4) is 0 Å². The highest BCUT2D eigenvalue weighted by Crippen LogP contribution is 2.32. The van der Waals surface area contributed by atoms with Crippen LogP contribution in [-0.2, 0) is 11.2 Å². The zero-order valence-corrected chi connectivity index (χ0v) is 9.32. The van der Waals surface area contributed by atoms with Crippen LogP contribution in [0.2, 0.25) is 5.02 Å². The fourth-order valence-corrected chi connectivity index (χ4v) is 2.02. The Balaban J connectivity index is 3.37. The van der Waals surface area contributed by atoms with Crippen molar-refractivity contribution in [2.45, 2.75) is 13.3 Å². The van der Waals surface area contributed by atoms with E-state index in [0.29, 0.717) is 10.7 Å². The van der Waals surface area contributed by atoms with Crippen LogP contribution < -0.4 is 0 Å². The van der Waals surface area contributed by atoms with Gasteiger partial charge in [-0.3, -0.25) is 0 Å². The summed E-state index contributed by atoms with van der Waals surface area (Å²) in [6.07, 6.45) is 2.30. The fraction of sp³-hybridized carbons (Fsp3) is 0.222. The normalized spacial score (nSPS) is 9.46. The molecule has 0 aromatic heterocycles. The third-order valence-corrected chi connectivity index (χ3v) is 2.47. The van der Waals surface area contributed by atoms with Crippen LogP contribution in [0.25, 0.3) is 0 Å². The molecule has 0 atom stereocenters. The summed E-state index contributed by atoms with van der Waals surface area (Å²) in [5, 5.41) is 0.633. The van der Waals surface area contributed by atoms with Crippen LogP contribution in [0.15, 0.2) is 21.6 Å². The summed E-state index contributed by atoms with van der Waals surface area (Å²) in [5.74, 6) is 0. The van der Waals surface area contributed by atoms with E-state index < -0.39 is 0 Å². The van der Waals surface area contributed by atoms with Crippen molar-refractivity contribution in [1.82, 2.24) is 0 Å². The SMILES string of the molecule is CCc1cc(Cl)cc(Br)c1N=C=O. The minimum atomic E-state index is 0.613. The number of aryl methyl sites for hydroxylation is 1. The van der Waals surface area contributed by atoms with Crippen molar-refractivity contribution in [3.63, 3.8) is 0 Å². The number of hydrogen-bond acceptors (Lipinski definition) is 2. The van der Waals surface area contributed by atoms with Gasteiger partial charge in [0.05, 0.1) is 5.69 Å². The number of nitrogens with zero attached hydrogens (tertiary/aromatic N) is 1. The van der Waals surface area contributed by atoms with Gasteiger partial charge in [-0.15, -0.1) is 0 Å².